The second-order valence-electron chi connectivity index (χ2n) is 2.87. The number of nitro benzene ring substituents is 1. The van der Waals surface area contributed by atoms with Crippen LogP contribution in [-0.4, -0.2) is 11.5 Å². The Kier molecular flexibility index (Phi) is 1.84. The molecule has 2 rings (SSSR count). The molecule has 0 aromatic heterocycles. The van der Waals surface area contributed by atoms with Crippen molar-refractivity contribution in [2.75, 3.05) is 11.0 Å². The predicted octanol–water partition coefficient (Wildman–Crippen LogP) is 2.11. The summed E-state index contributed by atoms with van der Waals surface area (Å²) < 4.78 is 1.52. The van der Waals surface area contributed by atoms with E-state index in [1.165, 1.54) is 10.5 Å². The van der Waals surface area contributed by atoms with Crippen molar-refractivity contribution >= 4 is 23.2 Å². The molecule has 13 heavy (non-hydrogen) atoms. The molecule has 0 unspecified atom stereocenters. The molecule has 0 amide bonds. The lowest BCUT2D eigenvalue weighted by molar-refractivity contribution is -0.385. The van der Waals surface area contributed by atoms with Crippen LogP contribution in [0.1, 0.15) is 5.56 Å². The maximum atomic E-state index is 10.6. The van der Waals surface area contributed by atoms with Crippen LogP contribution in [0.4, 0.5) is 11.4 Å². The molecule has 0 bridgehead atoms. The van der Waals surface area contributed by atoms with E-state index in [1.807, 2.05) is 0 Å². The highest BCUT2D eigenvalue weighted by Crippen LogP contribution is 2.35. The summed E-state index contributed by atoms with van der Waals surface area (Å²) in [7, 11) is 0. The van der Waals surface area contributed by atoms with Gasteiger partial charge in [0, 0.05) is 30.8 Å². The van der Waals surface area contributed by atoms with Gasteiger partial charge in [-0.15, -0.1) is 0 Å². The van der Waals surface area contributed by atoms with E-state index in [4.69, 9.17) is 11.8 Å². The second kappa shape index (κ2) is 2.88. The number of fused-ring (bicyclic) bond motifs is 1. The fourth-order valence-electron chi connectivity index (χ4n) is 1.55. The van der Waals surface area contributed by atoms with Crippen molar-refractivity contribution in [1.29, 1.82) is 0 Å². The van der Waals surface area contributed by atoms with Crippen LogP contribution in [0.3, 0.4) is 0 Å². The topological polar surface area (TPSA) is 46.4 Å². The molecule has 0 atom stereocenters. The average molecular weight is 199 g/mol. The minimum Gasteiger partial charge on any atom is -0.284 e. The standard InChI is InChI=1S/C8H7ClN2O2/c9-10-5-4-6-7(10)2-1-3-8(6)11(12)13/h1-3H,4-5H2. The first-order chi connectivity index (χ1) is 6.20. The third kappa shape index (κ3) is 1.23. The van der Waals surface area contributed by atoms with Crippen molar-refractivity contribution in [3.8, 4) is 0 Å². The lowest BCUT2D eigenvalue weighted by atomic mass is 10.1. The Labute approximate surface area is 80.0 Å². The Morgan fingerprint density at radius 1 is 1.54 bits per heavy atom. The highest BCUT2D eigenvalue weighted by atomic mass is 35.5. The van der Waals surface area contributed by atoms with Crippen LogP contribution in [-0.2, 0) is 6.42 Å². The van der Waals surface area contributed by atoms with Crippen LogP contribution in [0.2, 0.25) is 0 Å². The van der Waals surface area contributed by atoms with E-state index in [1.54, 1.807) is 12.1 Å². The fourth-order valence-corrected chi connectivity index (χ4v) is 1.79. The molecule has 0 aliphatic carbocycles. The van der Waals surface area contributed by atoms with E-state index in [0.717, 1.165) is 11.3 Å². The summed E-state index contributed by atoms with van der Waals surface area (Å²) in [5.41, 5.74) is 1.67. The Morgan fingerprint density at radius 2 is 2.31 bits per heavy atom. The van der Waals surface area contributed by atoms with Gasteiger partial charge in [0.05, 0.1) is 16.2 Å². The number of anilines is 1. The summed E-state index contributed by atoms with van der Waals surface area (Å²) in [6.07, 6.45) is 0.649. The molecule has 4 nitrogen and oxygen atoms in total. The Hall–Kier alpha value is -1.29. The van der Waals surface area contributed by atoms with Crippen LogP contribution in [0.5, 0.6) is 0 Å². The van der Waals surface area contributed by atoms with E-state index in [9.17, 15) is 10.1 Å². The Bertz CT molecular complexity index is 367. The SMILES string of the molecule is O=[N+]([O-])c1cccc2c1CCN2Cl. The second-order valence-corrected chi connectivity index (χ2v) is 3.28. The number of nitrogens with zero attached hydrogens (tertiary/aromatic N) is 2. The Morgan fingerprint density at radius 3 is 3.00 bits per heavy atom. The minimum atomic E-state index is -0.366. The van der Waals surface area contributed by atoms with Crippen LogP contribution < -0.4 is 4.42 Å². The molecule has 0 N–H and O–H groups in total. The summed E-state index contributed by atoms with van der Waals surface area (Å²) in [5.74, 6) is 0. The summed E-state index contributed by atoms with van der Waals surface area (Å²) in [5, 5.41) is 10.6. The molecule has 0 saturated carbocycles. The van der Waals surface area contributed by atoms with Gasteiger partial charge in [-0.25, -0.2) is 0 Å². The normalized spacial score (nSPS) is 14.4. The molecule has 0 saturated heterocycles. The first-order valence-electron chi connectivity index (χ1n) is 3.90. The van der Waals surface area contributed by atoms with Gasteiger partial charge >= 0.3 is 0 Å². The van der Waals surface area contributed by atoms with Crippen molar-refractivity contribution < 1.29 is 4.92 Å². The summed E-state index contributed by atoms with van der Waals surface area (Å²) in [6.45, 7) is 0.641. The van der Waals surface area contributed by atoms with Gasteiger partial charge in [0.15, 0.2) is 0 Å². The highest BCUT2D eigenvalue weighted by molar-refractivity contribution is 6.26. The zero-order chi connectivity index (χ0) is 9.42. The zero-order valence-corrected chi connectivity index (χ0v) is 7.49. The van der Waals surface area contributed by atoms with Gasteiger partial charge in [-0.3, -0.25) is 14.5 Å². The molecule has 68 valence electrons. The lowest BCUT2D eigenvalue weighted by Crippen LogP contribution is -2.03. The van der Waals surface area contributed by atoms with E-state index < -0.39 is 0 Å². The molecule has 5 heteroatoms. The van der Waals surface area contributed by atoms with E-state index >= 15 is 0 Å². The molecule has 0 spiro atoms. The molecular formula is C8H7ClN2O2. The van der Waals surface area contributed by atoms with Crippen molar-refractivity contribution in [3.05, 3.63) is 33.9 Å². The minimum absolute atomic E-state index is 0.167. The molecular weight excluding hydrogens is 192 g/mol. The smallest absolute Gasteiger partial charge is 0.274 e. The van der Waals surface area contributed by atoms with Crippen molar-refractivity contribution in [1.82, 2.24) is 0 Å². The molecule has 0 fully saturated rings. The fraction of sp³-hybridized carbons (Fsp3) is 0.250. The number of benzene rings is 1. The molecule has 1 aromatic rings. The monoisotopic (exact) mass is 198 g/mol. The number of nitro groups is 1. The summed E-state index contributed by atoms with van der Waals surface area (Å²) in [4.78, 5) is 10.2. The molecule has 1 aromatic carbocycles. The third-order valence-electron chi connectivity index (χ3n) is 2.14. The van der Waals surface area contributed by atoms with Crippen LogP contribution in [0, 0.1) is 10.1 Å². The van der Waals surface area contributed by atoms with Gasteiger partial charge in [-0.1, -0.05) is 6.07 Å². The van der Waals surface area contributed by atoms with Crippen molar-refractivity contribution in [2.24, 2.45) is 0 Å². The number of rotatable bonds is 1. The Balaban J connectivity index is 2.57. The largest absolute Gasteiger partial charge is 0.284 e. The molecule has 1 aliphatic heterocycles. The average Bonchev–Trinajstić information content (AvgIpc) is 2.48. The number of hydrogen-bond donors (Lipinski definition) is 0. The molecule has 1 aliphatic rings. The van der Waals surface area contributed by atoms with Gasteiger partial charge in [0.25, 0.3) is 5.69 Å². The quantitative estimate of drug-likeness (QED) is 0.395. The summed E-state index contributed by atoms with van der Waals surface area (Å²) >= 11 is 5.83. The predicted molar refractivity (Wildman–Crippen MR) is 50.0 cm³/mol. The van der Waals surface area contributed by atoms with Crippen LogP contribution in [0.15, 0.2) is 18.2 Å². The van der Waals surface area contributed by atoms with Gasteiger partial charge in [0.2, 0.25) is 0 Å². The molecule has 1 heterocycles. The van der Waals surface area contributed by atoms with Crippen LogP contribution >= 0.6 is 11.8 Å². The first-order valence-corrected chi connectivity index (χ1v) is 4.23. The number of hydrogen-bond acceptors (Lipinski definition) is 3. The van der Waals surface area contributed by atoms with Gasteiger partial charge < -0.3 is 0 Å². The van der Waals surface area contributed by atoms with Crippen molar-refractivity contribution in [3.63, 3.8) is 0 Å². The van der Waals surface area contributed by atoms with Crippen molar-refractivity contribution in [2.45, 2.75) is 6.42 Å². The lowest BCUT2D eigenvalue weighted by Gasteiger charge is -2.06. The van der Waals surface area contributed by atoms with Gasteiger partial charge in [0.1, 0.15) is 0 Å². The van der Waals surface area contributed by atoms with E-state index in [0.29, 0.717) is 13.0 Å². The molecule has 0 radical (unpaired) electrons. The van der Waals surface area contributed by atoms with E-state index in [-0.39, 0.29) is 10.6 Å². The first kappa shape index (κ1) is 8.31. The van der Waals surface area contributed by atoms with Crippen LogP contribution in [0.25, 0.3) is 0 Å². The number of halogens is 1. The maximum Gasteiger partial charge on any atom is 0.274 e. The van der Waals surface area contributed by atoms with E-state index in [2.05, 4.69) is 0 Å². The maximum absolute atomic E-state index is 10.6. The third-order valence-corrected chi connectivity index (χ3v) is 2.49. The zero-order valence-electron chi connectivity index (χ0n) is 6.74. The summed E-state index contributed by atoms with van der Waals surface area (Å²) in [6, 6.07) is 4.95. The van der Waals surface area contributed by atoms with Gasteiger partial charge in [-0.05, 0) is 6.07 Å². The van der Waals surface area contributed by atoms with Gasteiger partial charge in [-0.2, -0.15) is 0 Å². The highest BCUT2D eigenvalue weighted by Gasteiger charge is 2.25.